The van der Waals surface area contributed by atoms with Crippen molar-refractivity contribution < 1.29 is 0 Å². The van der Waals surface area contributed by atoms with Gasteiger partial charge in [0.2, 0.25) is 0 Å². The topological polar surface area (TPSA) is 24.7 Å². The van der Waals surface area contributed by atoms with Crippen LogP contribution in [0.5, 0.6) is 0 Å². The summed E-state index contributed by atoms with van der Waals surface area (Å²) < 4.78 is 0. The number of nitrogens with zero attached hydrogens (tertiary/aromatic N) is 2. The highest BCUT2D eigenvalue weighted by Gasteiger charge is 2.36. The molecule has 0 fully saturated rings. The van der Waals surface area contributed by atoms with Crippen molar-refractivity contribution >= 4 is 17.1 Å². The summed E-state index contributed by atoms with van der Waals surface area (Å²) in [6.07, 6.45) is 8.04. The second kappa shape index (κ2) is 8.37. The molecule has 0 unspecified atom stereocenters. The second-order valence-electron chi connectivity index (χ2n) is 9.35. The zero-order valence-electron chi connectivity index (χ0n) is 19.8. The van der Waals surface area contributed by atoms with Gasteiger partial charge >= 0.3 is 0 Å². The summed E-state index contributed by atoms with van der Waals surface area (Å²) in [6, 6.07) is 19.5. The molecule has 0 bridgehead atoms. The predicted octanol–water partition coefficient (Wildman–Crippen LogP) is 7.69. The summed E-state index contributed by atoms with van der Waals surface area (Å²) in [7, 11) is 0. The van der Waals surface area contributed by atoms with Gasteiger partial charge in [-0.2, -0.15) is 0 Å². The fraction of sp³-hybridized carbons (Fsp3) is 0.194. The third-order valence-corrected chi connectivity index (χ3v) is 6.43. The Morgan fingerprint density at radius 3 is 1.94 bits per heavy atom. The van der Waals surface area contributed by atoms with Gasteiger partial charge in [0, 0.05) is 0 Å². The van der Waals surface area contributed by atoms with Crippen LogP contribution in [0, 0.1) is 5.92 Å². The van der Waals surface area contributed by atoms with E-state index in [1.807, 2.05) is 24.3 Å². The van der Waals surface area contributed by atoms with E-state index in [0.717, 1.165) is 39.1 Å². The fourth-order valence-electron chi connectivity index (χ4n) is 4.71. The van der Waals surface area contributed by atoms with Crippen LogP contribution < -0.4 is 5.36 Å². The van der Waals surface area contributed by atoms with Crippen LogP contribution in [-0.4, -0.2) is 5.71 Å². The molecule has 0 saturated carbocycles. The Morgan fingerprint density at radius 2 is 1.30 bits per heavy atom. The van der Waals surface area contributed by atoms with E-state index in [0.29, 0.717) is 11.8 Å². The van der Waals surface area contributed by atoms with Crippen LogP contribution in [0.1, 0.15) is 67.3 Å². The summed E-state index contributed by atoms with van der Waals surface area (Å²) >= 11 is 0. The average molecular weight is 430 g/mol. The maximum absolute atomic E-state index is 5.41. The quantitative estimate of drug-likeness (QED) is 0.297. The van der Waals surface area contributed by atoms with Crippen molar-refractivity contribution in [3.05, 3.63) is 130 Å². The number of para-hydroxylation sites is 1. The molecule has 4 aliphatic rings. The Morgan fingerprint density at radius 1 is 0.697 bits per heavy atom. The van der Waals surface area contributed by atoms with Gasteiger partial charge in [0.1, 0.15) is 0 Å². The van der Waals surface area contributed by atoms with Crippen molar-refractivity contribution in [3.8, 4) is 0 Å². The molecule has 5 rings (SSSR count). The first-order chi connectivity index (χ1) is 16.0. The van der Waals surface area contributed by atoms with E-state index in [1.54, 1.807) is 0 Å². The first-order valence-electron chi connectivity index (χ1n) is 11.7. The van der Waals surface area contributed by atoms with E-state index < -0.39 is 0 Å². The molecule has 0 atom stereocenters. The smallest absolute Gasteiger partial charge is 0.167 e. The van der Waals surface area contributed by atoms with E-state index in [1.165, 1.54) is 22.6 Å². The van der Waals surface area contributed by atoms with Gasteiger partial charge in [-0.05, 0) is 71.0 Å². The molecule has 4 aliphatic carbocycles. The number of rotatable bonds is 4. The van der Waals surface area contributed by atoms with Crippen molar-refractivity contribution in [2.75, 3.05) is 0 Å². The molecule has 0 saturated heterocycles. The van der Waals surface area contributed by atoms with Gasteiger partial charge in [0.25, 0.3) is 0 Å². The number of benzene rings is 1. The van der Waals surface area contributed by atoms with E-state index in [2.05, 4.69) is 88.9 Å². The molecule has 0 amide bonds. The molecule has 0 aromatic heterocycles. The molecular weight excluding hydrogens is 400 g/mol. The Labute approximate surface area is 196 Å². The van der Waals surface area contributed by atoms with Crippen molar-refractivity contribution in [1.29, 1.82) is 0 Å². The second-order valence-corrected chi connectivity index (χ2v) is 9.35. The van der Waals surface area contributed by atoms with Gasteiger partial charge in [-0.15, -0.1) is 0 Å². The van der Waals surface area contributed by atoms with Crippen LogP contribution in [0.15, 0.2) is 101 Å². The third-order valence-electron chi connectivity index (χ3n) is 6.43. The lowest BCUT2D eigenvalue weighted by Crippen LogP contribution is -2.10. The summed E-state index contributed by atoms with van der Waals surface area (Å²) in [4.78, 5) is 10.6. The van der Waals surface area contributed by atoms with Crippen LogP contribution in [0.2, 0.25) is 0 Å². The number of hydrogen-bond donors (Lipinski definition) is 0. The summed E-state index contributed by atoms with van der Waals surface area (Å²) in [5.74, 6) is 1.99. The summed E-state index contributed by atoms with van der Waals surface area (Å²) in [6.45, 7) is 13.1. The molecule has 1 aromatic rings. The normalized spacial score (nSPS) is 16.4. The average Bonchev–Trinajstić information content (AvgIpc) is 3.10. The minimum absolute atomic E-state index is 0.378. The molecule has 0 radical (unpaired) electrons. The lowest BCUT2D eigenvalue weighted by molar-refractivity contribution is 0.832. The van der Waals surface area contributed by atoms with Crippen molar-refractivity contribution in [2.45, 2.75) is 39.5 Å². The van der Waals surface area contributed by atoms with Crippen molar-refractivity contribution in [3.63, 3.8) is 0 Å². The van der Waals surface area contributed by atoms with Crippen LogP contribution in [-0.2, 0) is 0 Å². The molecule has 0 aliphatic heterocycles. The molecule has 2 heteroatoms. The Kier molecular flexibility index (Phi) is 5.38. The predicted molar refractivity (Wildman–Crippen MR) is 139 cm³/mol. The van der Waals surface area contributed by atoms with Crippen LogP contribution >= 0.6 is 0 Å². The zero-order valence-corrected chi connectivity index (χ0v) is 19.8. The molecule has 1 aromatic carbocycles. The maximum Gasteiger partial charge on any atom is 0.167 e. The van der Waals surface area contributed by atoms with Gasteiger partial charge in [-0.1, -0.05) is 70.7 Å². The van der Waals surface area contributed by atoms with Crippen LogP contribution in [0.25, 0.3) is 0 Å². The summed E-state index contributed by atoms with van der Waals surface area (Å²) in [5.41, 5.74) is 9.85. The Hall–Kier alpha value is -3.65. The van der Waals surface area contributed by atoms with E-state index in [-0.39, 0.29) is 0 Å². The highest BCUT2D eigenvalue weighted by molar-refractivity contribution is 6.12. The van der Waals surface area contributed by atoms with Crippen molar-refractivity contribution in [1.82, 2.24) is 0 Å². The standard InChI is InChI=1S/C31H29N2/c1-19(2)23-14-10-15-24(20(3)4)29(23)33-31-26-17-9-13-22-12-8-16-25(28(22)26)30(31)32-27-18-7-6-11-21(27)5/h6-20H,5H2,1-4H3/q+1. The Balaban J connectivity index is 1.88. The minimum atomic E-state index is 0.378. The van der Waals surface area contributed by atoms with E-state index in [9.17, 15) is 0 Å². The molecule has 162 valence electrons. The fourth-order valence-corrected chi connectivity index (χ4v) is 4.71. The van der Waals surface area contributed by atoms with Gasteiger partial charge in [0.15, 0.2) is 11.0 Å². The van der Waals surface area contributed by atoms with E-state index in [4.69, 9.17) is 9.98 Å². The van der Waals surface area contributed by atoms with Crippen molar-refractivity contribution in [2.24, 2.45) is 9.98 Å². The van der Waals surface area contributed by atoms with E-state index >= 15 is 0 Å². The highest BCUT2D eigenvalue weighted by atomic mass is 14.8. The van der Waals surface area contributed by atoms with Gasteiger partial charge < -0.3 is 0 Å². The lowest BCUT2D eigenvalue weighted by Gasteiger charge is -2.15. The molecule has 0 N–H and O–H groups in total. The highest BCUT2D eigenvalue weighted by Crippen LogP contribution is 2.42. The Bertz CT molecular complexity index is 1360. The minimum Gasteiger partial charge on any atom is -0.211 e. The first-order valence-corrected chi connectivity index (χ1v) is 11.7. The third kappa shape index (κ3) is 3.66. The molecule has 33 heavy (non-hydrogen) atoms. The molecule has 2 nitrogen and oxygen atoms in total. The molecular formula is C31H29N2+. The number of aliphatic imine (C=N–C) groups is 1. The molecule has 0 heterocycles. The molecule has 0 spiro atoms. The largest absolute Gasteiger partial charge is 0.211 e. The SMILES string of the molecule is C=C1C=CC=CC1=Nc1c2cccc3cccc(c1=Nc1c(C(C)C)cccc1C(C)C)[C+]32. The maximum atomic E-state index is 5.41. The van der Waals surface area contributed by atoms with Crippen LogP contribution in [0.4, 0.5) is 11.4 Å². The lowest BCUT2D eigenvalue weighted by atomic mass is 9.86. The summed E-state index contributed by atoms with van der Waals surface area (Å²) in [5, 5.41) is 0.944. The first kappa shape index (κ1) is 21.2. The monoisotopic (exact) mass is 429 g/mol. The number of hydrogen-bond acceptors (Lipinski definition) is 2. The van der Waals surface area contributed by atoms with Gasteiger partial charge in [-0.3, -0.25) is 0 Å². The van der Waals surface area contributed by atoms with Crippen LogP contribution in [0.3, 0.4) is 0 Å². The van der Waals surface area contributed by atoms with Gasteiger partial charge in [-0.25, -0.2) is 9.98 Å². The zero-order chi connectivity index (χ0) is 23.1. The number of allylic oxidation sites excluding steroid dienone is 5. The van der Waals surface area contributed by atoms with Gasteiger partial charge in [0.05, 0.1) is 34.0 Å².